The van der Waals surface area contributed by atoms with Gasteiger partial charge in [0.1, 0.15) is 0 Å². The van der Waals surface area contributed by atoms with Crippen LogP contribution < -0.4 is 0 Å². The summed E-state index contributed by atoms with van der Waals surface area (Å²) in [6.07, 6.45) is 4.89. The van der Waals surface area contributed by atoms with Crippen molar-refractivity contribution in [3.63, 3.8) is 0 Å². The first kappa shape index (κ1) is 16.5. The molecule has 1 N–H and O–H groups in total. The molecule has 3 rings (SSSR count). The summed E-state index contributed by atoms with van der Waals surface area (Å²) in [6.45, 7) is 8.78. The van der Waals surface area contributed by atoms with Crippen molar-refractivity contribution in [2.24, 2.45) is 11.3 Å². The summed E-state index contributed by atoms with van der Waals surface area (Å²) in [6, 6.07) is 8.87. The fourth-order valence-electron chi connectivity index (χ4n) is 4.87. The Kier molecular flexibility index (Phi) is 4.69. The van der Waals surface area contributed by atoms with Crippen molar-refractivity contribution in [3.05, 3.63) is 34.3 Å². The van der Waals surface area contributed by atoms with Crippen LogP contribution >= 0.6 is 15.9 Å². The van der Waals surface area contributed by atoms with Gasteiger partial charge in [-0.2, -0.15) is 0 Å². The molecule has 122 valence electrons. The third kappa shape index (κ3) is 3.42. The Balaban J connectivity index is 1.56. The van der Waals surface area contributed by atoms with Crippen molar-refractivity contribution in [1.82, 2.24) is 4.90 Å². The third-order valence-corrected chi connectivity index (χ3v) is 6.27. The van der Waals surface area contributed by atoms with Crippen LogP contribution in [0.4, 0.5) is 0 Å². The van der Waals surface area contributed by atoms with Crippen molar-refractivity contribution in [2.45, 2.75) is 44.9 Å². The van der Waals surface area contributed by atoms with Gasteiger partial charge in [0.05, 0.1) is 0 Å². The van der Waals surface area contributed by atoms with Crippen molar-refractivity contribution in [2.75, 3.05) is 26.2 Å². The Bertz CT molecular complexity index is 499. The van der Waals surface area contributed by atoms with Crippen molar-refractivity contribution in [3.8, 4) is 0 Å². The first-order chi connectivity index (χ1) is 10.4. The highest BCUT2D eigenvalue weighted by Gasteiger charge is 2.50. The topological polar surface area (TPSA) is 23.5 Å². The van der Waals surface area contributed by atoms with Gasteiger partial charge in [-0.3, -0.25) is 0 Å². The minimum absolute atomic E-state index is 0.346. The molecule has 0 spiro atoms. The highest BCUT2D eigenvalue weighted by atomic mass is 79.9. The van der Waals surface area contributed by atoms with Crippen LogP contribution in [0.25, 0.3) is 0 Å². The molecule has 1 aromatic carbocycles. The van der Waals surface area contributed by atoms with Crippen molar-refractivity contribution in [1.29, 1.82) is 0 Å². The normalized spacial score (nSPS) is 33.6. The van der Waals surface area contributed by atoms with E-state index in [-0.39, 0.29) is 0 Å². The smallest absolute Gasteiger partial charge is 0.0460 e. The van der Waals surface area contributed by atoms with Crippen molar-refractivity contribution < 1.29 is 5.11 Å². The molecule has 0 bridgehead atoms. The molecule has 1 aliphatic heterocycles. The van der Waals surface area contributed by atoms with Crippen LogP contribution in [0.2, 0.25) is 0 Å². The summed E-state index contributed by atoms with van der Waals surface area (Å²) in [4.78, 5) is 2.62. The number of aliphatic hydroxyl groups excluding tert-OH is 1. The number of hydrogen-bond donors (Lipinski definition) is 1. The zero-order valence-electron chi connectivity index (χ0n) is 13.8. The first-order valence-electron chi connectivity index (χ1n) is 8.52. The molecule has 0 amide bonds. The average Bonchev–Trinajstić information content (AvgIpc) is 2.47. The molecule has 22 heavy (non-hydrogen) atoms. The molecule has 1 saturated carbocycles. The van der Waals surface area contributed by atoms with Gasteiger partial charge >= 0.3 is 0 Å². The lowest BCUT2D eigenvalue weighted by atomic mass is 9.52. The Morgan fingerprint density at radius 3 is 2.27 bits per heavy atom. The van der Waals surface area contributed by atoms with E-state index in [1.54, 1.807) is 0 Å². The third-order valence-electron chi connectivity index (χ3n) is 5.75. The van der Waals surface area contributed by atoms with E-state index < -0.39 is 0 Å². The summed E-state index contributed by atoms with van der Waals surface area (Å²) >= 11 is 3.53. The van der Waals surface area contributed by atoms with Crippen LogP contribution in [0, 0.1) is 11.3 Å². The molecular weight excluding hydrogens is 338 g/mol. The number of likely N-dealkylation sites (tertiary alicyclic amines) is 1. The zero-order chi connectivity index (χ0) is 15.8. The van der Waals surface area contributed by atoms with Gasteiger partial charge in [0.15, 0.2) is 0 Å². The number of benzene rings is 1. The fraction of sp³-hybridized carbons (Fsp3) is 0.684. The maximum absolute atomic E-state index is 9.26. The second-order valence-corrected chi connectivity index (χ2v) is 9.05. The lowest BCUT2D eigenvalue weighted by Crippen LogP contribution is -2.53. The van der Waals surface area contributed by atoms with E-state index >= 15 is 0 Å². The van der Waals surface area contributed by atoms with Gasteiger partial charge in [0.2, 0.25) is 0 Å². The molecule has 3 heteroatoms. The Morgan fingerprint density at radius 1 is 1.14 bits per heavy atom. The average molecular weight is 366 g/mol. The van der Waals surface area contributed by atoms with Crippen LogP contribution in [0.15, 0.2) is 28.7 Å². The lowest BCUT2D eigenvalue weighted by Gasteiger charge is -2.55. The molecule has 0 aromatic heterocycles. The molecule has 0 unspecified atom stereocenters. The Hall–Kier alpha value is -0.380. The van der Waals surface area contributed by atoms with Gasteiger partial charge in [-0.05, 0) is 73.2 Å². The minimum Gasteiger partial charge on any atom is -0.396 e. The summed E-state index contributed by atoms with van der Waals surface area (Å²) in [5, 5.41) is 9.26. The summed E-state index contributed by atoms with van der Waals surface area (Å²) in [7, 11) is 0. The van der Waals surface area contributed by atoms with E-state index in [1.807, 2.05) is 0 Å². The zero-order valence-corrected chi connectivity index (χ0v) is 15.4. The highest BCUT2D eigenvalue weighted by Crippen LogP contribution is 2.55. The van der Waals surface area contributed by atoms with E-state index in [9.17, 15) is 5.11 Å². The molecule has 1 aromatic rings. The second kappa shape index (κ2) is 6.26. The van der Waals surface area contributed by atoms with Crippen molar-refractivity contribution >= 4 is 15.9 Å². The predicted octanol–water partition coefficient (Wildman–Crippen LogP) is 4.21. The molecule has 2 nitrogen and oxygen atoms in total. The van der Waals surface area contributed by atoms with Crippen LogP contribution in [0.3, 0.4) is 0 Å². The molecular formula is C19H28BrNO. The number of hydrogen-bond acceptors (Lipinski definition) is 2. The standard InChI is InChI=1S/C19H28BrNO/c1-18(14-21-9-7-15(11-22)8-10-21)12-19(2,13-18)16-3-5-17(20)6-4-16/h3-6,15,22H,7-14H2,1-2H3. The predicted molar refractivity (Wildman–Crippen MR) is 95.1 cm³/mol. The van der Waals surface area contributed by atoms with E-state index in [0.29, 0.717) is 23.4 Å². The molecule has 0 radical (unpaired) electrons. The fourth-order valence-corrected chi connectivity index (χ4v) is 5.13. The maximum atomic E-state index is 9.26. The van der Waals surface area contributed by atoms with Gasteiger partial charge in [0, 0.05) is 17.6 Å². The van der Waals surface area contributed by atoms with Crippen LogP contribution in [-0.2, 0) is 5.41 Å². The molecule has 1 aliphatic carbocycles. The van der Waals surface area contributed by atoms with Crippen LogP contribution in [0.1, 0.15) is 45.1 Å². The van der Waals surface area contributed by atoms with Gasteiger partial charge in [-0.15, -0.1) is 0 Å². The first-order valence-corrected chi connectivity index (χ1v) is 9.31. The summed E-state index contributed by atoms with van der Waals surface area (Å²) in [5.74, 6) is 0.540. The van der Waals surface area contributed by atoms with E-state index in [0.717, 1.165) is 30.4 Å². The summed E-state index contributed by atoms with van der Waals surface area (Å²) in [5.41, 5.74) is 2.28. The molecule has 1 heterocycles. The van der Waals surface area contributed by atoms with Crippen LogP contribution in [0.5, 0.6) is 0 Å². The quantitative estimate of drug-likeness (QED) is 0.863. The van der Waals surface area contributed by atoms with Gasteiger partial charge < -0.3 is 10.0 Å². The van der Waals surface area contributed by atoms with E-state index in [4.69, 9.17) is 0 Å². The SMILES string of the molecule is CC1(CN2CCC(CO)CC2)CC(C)(c2ccc(Br)cc2)C1. The summed E-state index contributed by atoms with van der Waals surface area (Å²) < 4.78 is 1.16. The largest absolute Gasteiger partial charge is 0.396 e. The second-order valence-electron chi connectivity index (χ2n) is 8.13. The number of nitrogens with zero attached hydrogens (tertiary/aromatic N) is 1. The highest BCUT2D eigenvalue weighted by molar-refractivity contribution is 9.10. The molecule has 2 fully saturated rings. The number of aliphatic hydroxyl groups is 1. The maximum Gasteiger partial charge on any atom is 0.0460 e. The molecule has 0 atom stereocenters. The molecule has 2 aliphatic rings. The number of halogens is 1. The monoisotopic (exact) mass is 365 g/mol. The Labute approximate surface area is 143 Å². The van der Waals surface area contributed by atoms with Gasteiger partial charge in [-0.25, -0.2) is 0 Å². The minimum atomic E-state index is 0.346. The Morgan fingerprint density at radius 2 is 1.73 bits per heavy atom. The molecule has 1 saturated heterocycles. The van der Waals surface area contributed by atoms with Gasteiger partial charge in [0.25, 0.3) is 0 Å². The van der Waals surface area contributed by atoms with E-state index in [2.05, 4.69) is 58.9 Å². The van der Waals surface area contributed by atoms with Gasteiger partial charge in [-0.1, -0.05) is 41.9 Å². The van der Waals surface area contributed by atoms with E-state index in [1.165, 1.54) is 24.9 Å². The number of rotatable bonds is 4. The van der Waals surface area contributed by atoms with Crippen LogP contribution in [-0.4, -0.2) is 36.2 Å². The lowest BCUT2D eigenvalue weighted by molar-refractivity contribution is 0.000654. The number of piperidine rings is 1.